The highest BCUT2D eigenvalue weighted by molar-refractivity contribution is 5.92. The highest BCUT2D eigenvalue weighted by atomic mass is 19.4. The number of carbonyl (C=O) groups is 2. The molecule has 1 rings (SSSR count). The SMILES string of the molecule is CC(C)(C)OC(=O)N1[C@H](C(=O)C(F)(F)F)COC1(C)C. The molecule has 1 aliphatic heterocycles. The molecule has 1 heterocycles. The van der Waals surface area contributed by atoms with E-state index in [-0.39, 0.29) is 0 Å². The van der Waals surface area contributed by atoms with Crippen LogP contribution in [0.25, 0.3) is 0 Å². The summed E-state index contributed by atoms with van der Waals surface area (Å²) in [6, 6.07) is -1.72. The molecule has 0 spiro atoms. The number of rotatable bonds is 1. The van der Waals surface area contributed by atoms with Gasteiger partial charge in [-0.2, -0.15) is 13.2 Å². The first kappa shape index (κ1) is 16.7. The van der Waals surface area contributed by atoms with Gasteiger partial charge in [0, 0.05) is 0 Å². The molecule has 8 heteroatoms. The van der Waals surface area contributed by atoms with Crippen LogP contribution in [0.5, 0.6) is 0 Å². The number of Topliss-reactive ketones (excluding diaryl/α,β-unsaturated/α-hetero) is 1. The van der Waals surface area contributed by atoms with Gasteiger partial charge < -0.3 is 9.47 Å². The molecular formula is C12H18F3NO4. The molecule has 0 aliphatic carbocycles. The standard InChI is InChI=1S/C12H18F3NO4/c1-10(2,3)20-9(18)16-7(6-19-11(16,4)5)8(17)12(13,14)15/h7H,6H2,1-5H3/t7-/m0/s1. The van der Waals surface area contributed by atoms with E-state index in [2.05, 4.69) is 0 Å². The summed E-state index contributed by atoms with van der Waals surface area (Å²) in [5, 5.41) is 0. The van der Waals surface area contributed by atoms with Crippen LogP contribution in [-0.2, 0) is 14.3 Å². The van der Waals surface area contributed by atoms with Gasteiger partial charge in [-0.05, 0) is 34.6 Å². The Kier molecular flexibility index (Phi) is 4.11. The molecule has 0 aromatic rings. The zero-order valence-corrected chi connectivity index (χ0v) is 12.0. The largest absolute Gasteiger partial charge is 0.452 e. The van der Waals surface area contributed by atoms with Gasteiger partial charge in [0.1, 0.15) is 17.4 Å². The molecule has 5 nitrogen and oxygen atoms in total. The van der Waals surface area contributed by atoms with Crippen molar-refractivity contribution in [2.45, 2.75) is 58.2 Å². The smallest absolute Gasteiger partial charge is 0.444 e. The first-order valence-corrected chi connectivity index (χ1v) is 6.03. The Morgan fingerprint density at radius 1 is 1.25 bits per heavy atom. The fraction of sp³-hybridized carbons (Fsp3) is 0.833. The van der Waals surface area contributed by atoms with Gasteiger partial charge in [-0.25, -0.2) is 4.79 Å². The molecule has 0 aromatic carbocycles. The van der Waals surface area contributed by atoms with Crippen molar-refractivity contribution >= 4 is 11.9 Å². The van der Waals surface area contributed by atoms with Gasteiger partial charge in [0.25, 0.3) is 5.78 Å². The zero-order valence-electron chi connectivity index (χ0n) is 12.0. The Bertz CT molecular complexity index is 412. The monoisotopic (exact) mass is 297 g/mol. The molecule has 1 fully saturated rings. The van der Waals surface area contributed by atoms with Gasteiger partial charge >= 0.3 is 12.3 Å². The Morgan fingerprint density at radius 2 is 1.75 bits per heavy atom. The number of alkyl halides is 3. The van der Waals surface area contributed by atoms with Crippen LogP contribution < -0.4 is 0 Å². The van der Waals surface area contributed by atoms with E-state index in [0.717, 1.165) is 0 Å². The van der Waals surface area contributed by atoms with E-state index in [0.29, 0.717) is 4.90 Å². The third-order valence-corrected chi connectivity index (χ3v) is 2.66. The predicted molar refractivity (Wildman–Crippen MR) is 63.0 cm³/mol. The van der Waals surface area contributed by atoms with Gasteiger partial charge in [0.05, 0.1) is 6.61 Å². The van der Waals surface area contributed by atoms with E-state index in [1.165, 1.54) is 13.8 Å². The van der Waals surface area contributed by atoms with E-state index in [4.69, 9.17) is 9.47 Å². The first-order chi connectivity index (χ1) is 8.76. The zero-order chi connectivity index (χ0) is 15.9. The van der Waals surface area contributed by atoms with Crippen LogP contribution in [0.1, 0.15) is 34.6 Å². The summed E-state index contributed by atoms with van der Waals surface area (Å²) >= 11 is 0. The van der Waals surface area contributed by atoms with Crippen LogP contribution >= 0.6 is 0 Å². The van der Waals surface area contributed by atoms with Crippen molar-refractivity contribution in [3.63, 3.8) is 0 Å². The molecule has 20 heavy (non-hydrogen) atoms. The molecule has 116 valence electrons. The summed E-state index contributed by atoms with van der Waals surface area (Å²) in [7, 11) is 0. The Balaban J connectivity index is 3.03. The first-order valence-electron chi connectivity index (χ1n) is 6.03. The van der Waals surface area contributed by atoms with Crippen molar-refractivity contribution in [2.24, 2.45) is 0 Å². The number of halogens is 3. The van der Waals surface area contributed by atoms with Crippen molar-refractivity contribution < 1.29 is 32.2 Å². The van der Waals surface area contributed by atoms with Crippen LogP contribution in [0.3, 0.4) is 0 Å². The Hall–Kier alpha value is -1.31. The van der Waals surface area contributed by atoms with Crippen LogP contribution in [0.2, 0.25) is 0 Å². The quantitative estimate of drug-likeness (QED) is 0.746. The number of ether oxygens (including phenoxy) is 2. The van der Waals surface area contributed by atoms with E-state index in [1.54, 1.807) is 20.8 Å². The normalized spacial score (nSPS) is 22.8. The van der Waals surface area contributed by atoms with Crippen LogP contribution in [0.4, 0.5) is 18.0 Å². The lowest BCUT2D eigenvalue weighted by molar-refractivity contribution is -0.176. The summed E-state index contributed by atoms with van der Waals surface area (Å²) in [6.45, 7) is 7.03. The molecule has 0 aromatic heterocycles. The molecule has 0 bridgehead atoms. The number of nitrogens with zero attached hydrogens (tertiary/aromatic N) is 1. The van der Waals surface area contributed by atoms with Crippen molar-refractivity contribution in [3.8, 4) is 0 Å². The fourth-order valence-corrected chi connectivity index (χ4v) is 1.84. The maximum Gasteiger partial charge on any atom is 0.452 e. The van der Waals surface area contributed by atoms with Gasteiger partial charge in [-0.15, -0.1) is 0 Å². The minimum Gasteiger partial charge on any atom is -0.444 e. The second-order valence-electron chi connectivity index (χ2n) is 5.99. The number of carbonyl (C=O) groups excluding carboxylic acids is 2. The van der Waals surface area contributed by atoms with Crippen LogP contribution in [-0.4, -0.2) is 46.9 Å². The maximum atomic E-state index is 12.5. The fourth-order valence-electron chi connectivity index (χ4n) is 1.84. The lowest BCUT2D eigenvalue weighted by atomic mass is 10.1. The van der Waals surface area contributed by atoms with E-state index < -0.39 is 42.0 Å². The number of amides is 1. The minimum absolute atomic E-state index is 0.509. The van der Waals surface area contributed by atoms with E-state index >= 15 is 0 Å². The van der Waals surface area contributed by atoms with Gasteiger partial charge in [-0.1, -0.05) is 0 Å². The van der Waals surface area contributed by atoms with Gasteiger partial charge in [0.2, 0.25) is 0 Å². The van der Waals surface area contributed by atoms with E-state index in [9.17, 15) is 22.8 Å². The predicted octanol–water partition coefficient (Wildman–Crippen LogP) is 2.49. The van der Waals surface area contributed by atoms with Gasteiger partial charge in [0.15, 0.2) is 0 Å². The Morgan fingerprint density at radius 3 is 2.15 bits per heavy atom. The number of ketones is 1. The molecule has 0 N–H and O–H groups in total. The molecule has 1 atom stereocenters. The third-order valence-electron chi connectivity index (χ3n) is 2.66. The molecular weight excluding hydrogens is 279 g/mol. The summed E-state index contributed by atoms with van der Waals surface area (Å²) < 4.78 is 47.8. The minimum atomic E-state index is -5.03. The van der Waals surface area contributed by atoms with Crippen molar-refractivity contribution in [1.29, 1.82) is 0 Å². The molecule has 1 amide bonds. The second-order valence-corrected chi connectivity index (χ2v) is 5.99. The molecule has 1 aliphatic rings. The lowest BCUT2D eigenvalue weighted by Gasteiger charge is -2.34. The van der Waals surface area contributed by atoms with Crippen LogP contribution in [0, 0.1) is 0 Å². The summed E-state index contributed by atoms with van der Waals surface area (Å²) in [5.41, 5.74) is -2.23. The van der Waals surface area contributed by atoms with Gasteiger partial charge in [-0.3, -0.25) is 9.69 Å². The average Bonchev–Trinajstić information content (AvgIpc) is 2.48. The molecule has 0 radical (unpaired) electrons. The summed E-state index contributed by atoms with van der Waals surface area (Å²) in [6.07, 6.45) is -6.04. The molecule has 1 saturated heterocycles. The molecule has 0 unspecified atom stereocenters. The average molecular weight is 297 g/mol. The van der Waals surface area contributed by atoms with Crippen LogP contribution in [0.15, 0.2) is 0 Å². The van der Waals surface area contributed by atoms with Crippen molar-refractivity contribution in [3.05, 3.63) is 0 Å². The topological polar surface area (TPSA) is 55.8 Å². The second kappa shape index (κ2) is 4.91. The summed E-state index contributed by atoms with van der Waals surface area (Å²) in [4.78, 5) is 24.1. The lowest BCUT2D eigenvalue weighted by Crippen LogP contribution is -2.54. The number of hydrogen-bond donors (Lipinski definition) is 0. The maximum absolute atomic E-state index is 12.5. The highest BCUT2D eigenvalue weighted by Gasteiger charge is 2.55. The summed E-state index contributed by atoms with van der Waals surface area (Å²) in [5.74, 6) is -2.02. The van der Waals surface area contributed by atoms with E-state index in [1.807, 2.05) is 0 Å². The Labute approximate surface area is 115 Å². The van der Waals surface area contributed by atoms with Crippen molar-refractivity contribution in [2.75, 3.05) is 6.61 Å². The highest BCUT2D eigenvalue weighted by Crippen LogP contribution is 2.33. The van der Waals surface area contributed by atoms with Crippen molar-refractivity contribution in [1.82, 2.24) is 4.90 Å². The third kappa shape index (κ3) is 3.62. The number of hydrogen-bond acceptors (Lipinski definition) is 4. The molecule has 0 saturated carbocycles.